The molecule has 0 aromatic heterocycles. The summed E-state index contributed by atoms with van der Waals surface area (Å²) in [7, 11) is -8.71. The largest absolute Gasteiger partial charge is 0.337 e. The third kappa shape index (κ3) is 12.1. The van der Waals surface area contributed by atoms with Crippen molar-refractivity contribution in [1.29, 1.82) is 0 Å². The lowest BCUT2D eigenvalue weighted by Crippen LogP contribution is -2.40. The molecule has 4 aromatic rings. The van der Waals surface area contributed by atoms with Crippen LogP contribution in [0.15, 0.2) is 119 Å². The minimum absolute atomic E-state index is 0.109. The molecule has 4 rings (SSSR count). The van der Waals surface area contributed by atoms with Crippen LogP contribution >= 0.6 is 0 Å². The van der Waals surface area contributed by atoms with Crippen molar-refractivity contribution in [3.05, 3.63) is 131 Å². The maximum atomic E-state index is 12.7. The smallest absolute Gasteiger partial charge is 0.328 e. The second kappa shape index (κ2) is 18.9. The Morgan fingerprint density at radius 1 is 0.407 bits per heavy atom. The molecule has 0 bridgehead atoms. The summed E-state index contributed by atoms with van der Waals surface area (Å²) in [6.45, 7) is 0.240. The molecule has 0 radical (unpaired) electrons. The van der Waals surface area contributed by atoms with Gasteiger partial charge in [0.2, 0.25) is 0 Å². The lowest BCUT2D eigenvalue weighted by molar-refractivity contribution is 0.0832. The summed E-state index contributed by atoms with van der Waals surface area (Å²) in [6, 6.07) is 23.6. The molecule has 0 unspecified atom stereocenters. The fourth-order valence-electron chi connectivity index (χ4n) is 4.72. The Morgan fingerprint density at radius 3 is 1.11 bits per heavy atom. The predicted octanol–water partition coefficient (Wildman–Crippen LogP) is 3.06. The summed E-state index contributed by atoms with van der Waals surface area (Å²) in [4.78, 5) is 73.4. The van der Waals surface area contributed by atoms with Gasteiger partial charge in [0.25, 0.3) is 43.7 Å². The Morgan fingerprint density at radius 2 is 0.741 bits per heavy atom. The van der Waals surface area contributed by atoms with E-state index >= 15 is 0 Å². The summed E-state index contributed by atoms with van der Waals surface area (Å²) >= 11 is 0. The van der Waals surface area contributed by atoms with Crippen molar-refractivity contribution in [3.8, 4) is 0 Å². The maximum Gasteiger partial charge on any atom is 0.328 e. The fourth-order valence-corrected chi connectivity index (χ4v) is 6.67. The minimum Gasteiger partial charge on any atom is -0.337 e. The van der Waals surface area contributed by atoms with E-state index in [0.29, 0.717) is 25.7 Å². The van der Waals surface area contributed by atoms with Gasteiger partial charge in [0.15, 0.2) is 0 Å². The molecule has 0 aliphatic carbocycles. The van der Waals surface area contributed by atoms with E-state index in [4.69, 9.17) is 0 Å². The van der Waals surface area contributed by atoms with E-state index in [9.17, 15) is 45.6 Å². The Labute approximate surface area is 311 Å². The van der Waals surface area contributed by atoms with Gasteiger partial charge in [-0.05, 0) is 73.5 Å². The third-order valence-electron chi connectivity index (χ3n) is 7.47. The average Bonchev–Trinajstić information content (AvgIpc) is 3.16. The Kier molecular flexibility index (Phi) is 14.1. The van der Waals surface area contributed by atoms with Gasteiger partial charge < -0.3 is 10.6 Å². The maximum absolute atomic E-state index is 12.7. The van der Waals surface area contributed by atoms with Gasteiger partial charge in [0.1, 0.15) is 0 Å². The summed E-state index contributed by atoms with van der Waals surface area (Å²) in [6.07, 6.45) is 2.07. The molecule has 6 N–H and O–H groups in total. The van der Waals surface area contributed by atoms with Gasteiger partial charge in [-0.25, -0.2) is 35.9 Å². The van der Waals surface area contributed by atoms with Gasteiger partial charge in [-0.2, -0.15) is 0 Å². The lowest BCUT2D eigenvalue weighted by Gasteiger charge is -2.11. The van der Waals surface area contributed by atoms with Crippen LogP contribution in [0, 0.1) is 0 Å². The molecule has 0 saturated heterocycles. The lowest BCUT2D eigenvalue weighted by atomic mass is 10.2. The number of amides is 8. The first-order valence-corrected chi connectivity index (χ1v) is 19.3. The van der Waals surface area contributed by atoms with E-state index < -0.39 is 55.7 Å². The molecule has 282 valence electrons. The second-order valence-electron chi connectivity index (χ2n) is 11.5. The summed E-state index contributed by atoms with van der Waals surface area (Å²) in [5.74, 6) is -2.98. The topological polar surface area (TPSA) is 243 Å². The Bertz CT molecular complexity index is 2070. The van der Waals surface area contributed by atoms with E-state index in [1.807, 2.05) is 9.44 Å². The SMILES string of the molecule is O=C(NCCCCCCNC(=O)NS(=O)(=O)c1cccc(C(=O)NC(=O)c2ccccc2)c1)NS(=O)(=O)c1cccc(C(=O)NC(=O)c2ccccc2)c1. The van der Waals surface area contributed by atoms with Crippen LogP contribution in [0.3, 0.4) is 0 Å². The zero-order chi connectivity index (χ0) is 39.1. The van der Waals surface area contributed by atoms with Crippen molar-refractivity contribution in [1.82, 2.24) is 30.7 Å². The van der Waals surface area contributed by atoms with Crippen molar-refractivity contribution < 1.29 is 45.6 Å². The predicted molar refractivity (Wildman–Crippen MR) is 195 cm³/mol. The van der Waals surface area contributed by atoms with Crippen molar-refractivity contribution in [2.75, 3.05) is 13.1 Å². The Balaban J connectivity index is 1.12. The van der Waals surface area contributed by atoms with E-state index in [0.717, 1.165) is 12.1 Å². The van der Waals surface area contributed by atoms with Crippen LogP contribution in [0.2, 0.25) is 0 Å². The molecule has 16 nitrogen and oxygen atoms in total. The van der Waals surface area contributed by atoms with Gasteiger partial charge in [-0.3, -0.25) is 29.8 Å². The molecule has 0 heterocycles. The highest BCUT2D eigenvalue weighted by atomic mass is 32.2. The van der Waals surface area contributed by atoms with Crippen molar-refractivity contribution in [2.24, 2.45) is 0 Å². The van der Waals surface area contributed by atoms with Crippen LogP contribution in [0.1, 0.15) is 67.1 Å². The van der Waals surface area contributed by atoms with Crippen LogP contribution in [0.5, 0.6) is 0 Å². The van der Waals surface area contributed by atoms with Gasteiger partial charge in [-0.1, -0.05) is 61.4 Å². The summed E-state index contributed by atoms with van der Waals surface area (Å²) in [5, 5.41) is 9.21. The number of rotatable bonds is 15. The molecule has 0 fully saturated rings. The number of carbonyl (C=O) groups excluding carboxylic acids is 6. The molecule has 8 amide bonds. The molecule has 0 saturated carbocycles. The van der Waals surface area contributed by atoms with Crippen LogP contribution in [0.25, 0.3) is 0 Å². The van der Waals surface area contributed by atoms with Gasteiger partial charge in [0, 0.05) is 35.3 Å². The van der Waals surface area contributed by atoms with Gasteiger partial charge in [-0.15, -0.1) is 0 Å². The summed E-state index contributed by atoms with van der Waals surface area (Å²) in [5.41, 5.74) is 0.264. The number of sulfonamides is 2. The number of hydrogen-bond donors (Lipinski definition) is 6. The van der Waals surface area contributed by atoms with Crippen molar-refractivity contribution in [3.63, 3.8) is 0 Å². The second-order valence-corrected chi connectivity index (χ2v) is 14.9. The van der Waals surface area contributed by atoms with Crippen LogP contribution in [0.4, 0.5) is 9.59 Å². The Hall–Kier alpha value is -6.40. The molecular weight excluding hydrogens is 741 g/mol. The first-order valence-electron chi connectivity index (χ1n) is 16.4. The molecule has 4 aromatic carbocycles. The van der Waals surface area contributed by atoms with Gasteiger partial charge >= 0.3 is 12.1 Å². The number of carbonyl (C=O) groups is 6. The van der Waals surface area contributed by atoms with Crippen LogP contribution < -0.4 is 30.7 Å². The van der Waals surface area contributed by atoms with Crippen molar-refractivity contribution in [2.45, 2.75) is 35.5 Å². The first kappa shape index (κ1) is 40.4. The van der Waals surface area contributed by atoms with Crippen LogP contribution in [-0.4, -0.2) is 65.6 Å². The zero-order valence-electron chi connectivity index (χ0n) is 28.5. The molecule has 0 aliphatic heterocycles. The molecule has 0 atom stereocenters. The van der Waals surface area contributed by atoms with Crippen LogP contribution in [-0.2, 0) is 20.0 Å². The van der Waals surface area contributed by atoms with Gasteiger partial charge in [0.05, 0.1) is 9.79 Å². The highest BCUT2D eigenvalue weighted by molar-refractivity contribution is 7.90. The zero-order valence-corrected chi connectivity index (χ0v) is 30.2. The highest BCUT2D eigenvalue weighted by Gasteiger charge is 2.22. The minimum atomic E-state index is -4.36. The molecule has 0 spiro atoms. The monoisotopic (exact) mass is 776 g/mol. The first-order chi connectivity index (χ1) is 25.7. The molecule has 54 heavy (non-hydrogen) atoms. The number of urea groups is 2. The van der Waals surface area contributed by atoms with E-state index in [1.165, 1.54) is 60.7 Å². The number of imide groups is 2. The highest BCUT2D eigenvalue weighted by Crippen LogP contribution is 2.14. The quantitative estimate of drug-likeness (QED) is 0.0761. The van der Waals surface area contributed by atoms with Crippen molar-refractivity contribution >= 4 is 55.7 Å². The van der Waals surface area contributed by atoms with E-state index in [1.54, 1.807) is 36.4 Å². The number of benzene rings is 4. The molecule has 18 heteroatoms. The average molecular weight is 777 g/mol. The third-order valence-corrected chi connectivity index (χ3v) is 10.1. The number of unbranched alkanes of at least 4 members (excludes halogenated alkanes) is 3. The van der Waals surface area contributed by atoms with E-state index in [-0.39, 0.29) is 45.1 Å². The summed E-state index contributed by atoms with van der Waals surface area (Å²) < 4.78 is 54.7. The van der Waals surface area contributed by atoms with E-state index in [2.05, 4.69) is 21.3 Å². The molecule has 0 aliphatic rings. The number of hydrogen-bond acceptors (Lipinski definition) is 10. The number of nitrogens with one attached hydrogen (secondary N) is 6. The fraction of sp³-hybridized carbons (Fsp3) is 0.167. The molecular formula is C36H36N6O10S2. The standard InChI is InChI=1S/C36H36N6O10S2/c43-31(25-13-5-3-6-14-25)39-33(45)27-17-11-19-29(23-27)53(49,50)41-35(47)37-21-9-1-2-10-22-38-36(48)42-54(51,52)30-20-12-18-28(24-30)34(46)40-32(44)26-15-7-4-8-16-26/h3-8,11-20,23-24H,1-2,9-10,21-22H2,(H2,37,41,47)(H2,38,42,48)(H,39,43,45)(H,40,44,46). The normalized spacial score (nSPS) is 11.0.